The summed E-state index contributed by atoms with van der Waals surface area (Å²) >= 11 is 0. The summed E-state index contributed by atoms with van der Waals surface area (Å²) in [5, 5.41) is 19.8. The van der Waals surface area contributed by atoms with Crippen molar-refractivity contribution in [3.8, 4) is 0 Å². The predicted molar refractivity (Wildman–Crippen MR) is 102 cm³/mol. The second-order valence-electron chi connectivity index (χ2n) is 6.33. The summed E-state index contributed by atoms with van der Waals surface area (Å²) in [5.41, 5.74) is 0.300. The van der Waals surface area contributed by atoms with Crippen LogP contribution in [0.4, 0.5) is 5.69 Å². The van der Waals surface area contributed by atoms with Crippen LogP contribution in [0.15, 0.2) is 51.9 Å². The lowest BCUT2D eigenvalue weighted by atomic mass is 10.1. The molecule has 154 valence electrons. The van der Waals surface area contributed by atoms with Gasteiger partial charge in [-0.15, -0.1) is 4.40 Å². The van der Waals surface area contributed by atoms with E-state index in [0.717, 1.165) is 28.5 Å². The number of carbonyl (C=O) groups is 2. The van der Waals surface area contributed by atoms with Crippen molar-refractivity contribution in [2.75, 3.05) is 0 Å². The van der Waals surface area contributed by atoms with Crippen molar-refractivity contribution < 1.29 is 28.0 Å². The molecule has 0 saturated heterocycles. The molecule has 0 saturated carbocycles. The van der Waals surface area contributed by atoms with E-state index < -0.39 is 39.2 Å². The molecule has 1 aromatic carbocycles. The molecule has 1 N–H and O–H groups in total. The Hall–Kier alpha value is -3.34. The van der Waals surface area contributed by atoms with Crippen molar-refractivity contribution in [1.29, 1.82) is 0 Å². The number of nitrogens with zero attached hydrogens (tertiary/aromatic N) is 3. The van der Waals surface area contributed by atoms with Gasteiger partial charge < -0.3 is 9.67 Å². The van der Waals surface area contributed by atoms with Crippen LogP contribution in [0.2, 0.25) is 0 Å². The molecule has 11 heteroatoms. The maximum absolute atomic E-state index is 12.6. The number of carboxylic acids is 1. The van der Waals surface area contributed by atoms with E-state index in [0.29, 0.717) is 0 Å². The van der Waals surface area contributed by atoms with E-state index in [2.05, 4.69) is 4.40 Å². The third-order valence-electron chi connectivity index (χ3n) is 4.15. The van der Waals surface area contributed by atoms with Gasteiger partial charge in [0.15, 0.2) is 5.78 Å². The van der Waals surface area contributed by atoms with Gasteiger partial charge >= 0.3 is 5.97 Å². The molecule has 0 radical (unpaired) electrons. The van der Waals surface area contributed by atoms with Crippen molar-refractivity contribution in [3.63, 3.8) is 0 Å². The van der Waals surface area contributed by atoms with Gasteiger partial charge in [0.1, 0.15) is 5.49 Å². The molecule has 0 amide bonds. The Morgan fingerprint density at radius 2 is 1.79 bits per heavy atom. The smallest absolute Gasteiger partial charge is 0.303 e. The number of hydrogen-bond donors (Lipinski definition) is 1. The highest BCUT2D eigenvalue weighted by atomic mass is 32.2. The molecule has 2 rings (SSSR count). The van der Waals surface area contributed by atoms with Crippen molar-refractivity contribution in [2.24, 2.45) is 4.40 Å². The lowest BCUT2D eigenvalue weighted by Gasteiger charge is -2.15. The van der Waals surface area contributed by atoms with E-state index in [9.17, 15) is 28.1 Å². The predicted octanol–water partition coefficient (Wildman–Crippen LogP) is 1.99. The largest absolute Gasteiger partial charge is 0.481 e. The fraction of sp³-hybridized carbons (Fsp3) is 0.278. The number of aryl methyl sites for hydroxylation is 1. The standard InChI is InChI=1S/C18H19N3O7S/c1-12-3-6-15(7-4-12)29(27,28)19-17-9-5-14(21(25)26)11-20(17)13(2)16(22)8-10-18(23)24/h3-7,9,11,13H,8,10H2,1-2H3,(H,23,24). The molecule has 0 aliphatic heterocycles. The quantitative estimate of drug-likeness (QED) is 0.506. The minimum Gasteiger partial charge on any atom is -0.481 e. The van der Waals surface area contributed by atoms with Crippen molar-refractivity contribution >= 4 is 27.5 Å². The molecular formula is C18H19N3O7S. The highest BCUT2D eigenvalue weighted by Crippen LogP contribution is 2.16. The maximum atomic E-state index is 12.6. The molecule has 0 bridgehead atoms. The van der Waals surface area contributed by atoms with Gasteiger partial charge in [-0.25, -0.2) is 0 Å². The van der Waals surface area contributed by atoms with Gasteiger partial charge in [-0.1, -0.05) is 17.7 Å². The molecule has 1 unspecified atom stereocenters. The van der Waals surface area contributed by atoms with Crippen LogP contribution in [0.1, 0.15) is 31.4 Å². The monoisotopic (exact) mass is 421 g/mol. The highest BCUT2D eigenvalue weighted by Gasteiger charge is 2.20. The average molecular weight is 421 g/mol. The van der Waals surface area contributed by atoms with E-state index >= 15 is 0 Å². The molecule has 1 atom stereocenters. The van der Waals surface area contributed by atoms with Gasteiger partial charge in [0, 0.05) is 12.5 Å². The number of pyridine rings is 1. The van der Waals surface area contributed by atoms with Gasteiger partial charge in [-0.05, 0) is 32.0 Å². The first-order valence-corrected chi connectivity index (χ1v) is 9.94. The van der Waals surface area contributed by atoms with Crippen LogP contribution in [-0.4, -0.2) is 34.8 Å². The summed E-state index contributed by atoms with van der Waals surface area (Å²) in [6, 6.07) is 7.12. The molecule has 10 nitrogen and oxygen atoms in total. The Kier molecular flexibility index (Phi) is 6.64. The summed E-state index contributed by atoms with van der Waals surface area (Å²) in [6.07, 6.45) is 0.288. The zero-order valence-corrected chi connectivity index (χ0v) is 16.5. The minimum absolute atomic E-state index is 0.0714. The Bertz CT molecular complexity index is 1120. The molecule has 2 aromatic rings. The molecular weight excluding hydrogens is 402 g/mol. The number of carboxylic acid groups (broad SMARTS) is 1. The molecule has 0 aliphatic carbocycles. The fourth-order valence-electron chi connectivity index (χ4n) is 2.47. The first-order valence-electron chi connectivity index (χ1n) is 8.50. The number of nitro groups is 1. The molecule has 1 aromatic heterocycles. The van der Waals surface area contributed by atoms with Crippen LogP contribution in [0, 0.1) is 17.0 Å². The minimum atomic E-state index is -4.14. The van der Waals surface area contributed by atoms with Gasteiger partial charge in [0.05, 0.1) is 28.5 Å². The van der Waals surface area contributed by atoms with E-state index in [1.807, 2.05) is 0 Å². The molecule has 1 heterocycles. The lowest BCUT2D eigenvalue weighted by molar-refractivity contribution is -0.385. The van der Waals surface area contributed by atoms with Crippen molar-refractivity contribution in [2.45, 2.75) is 37.6 Å². The first kappa shape index (κ1) is 22.0. The summed E-state index contributed by atoms with van der Waals surface area (Å²) < 4.78 is 30.0. The number of hydrogen-bond acceptors (Lipinski definition) is 6. The van der Waals surface area contributed by atoms with E-state index in [4.69, 9.17) is 5.11 Å². The van der Waals surface area contributed by atoms with Gasteiger partial charge in [0.2, 0.25) is 0 Å². The second-order valence-corrected chi connectivity index (χ2v) is 7.93. The topological polar surface area (TPSA) is 149 Å². The molecule has 29 heavy (non-hydrogen) atoms. The number of aromatic nitrogens is 1. The van der Waals surface area contributed by atoms with Crippen LogP contribution in [-0.2, 0) is 19.6 Å². The molecule has 0 fully saturated rings. The van der Waals surface area contributed by atoms with Crippen molar-refractivity contribution in [3.05, 3.63) is 63.8 Å². The first-order chi connectivity index (χ1) is 13.5. The number of carbonyl (C=O) groups excluding carboxylic acids is 1. The van der Waals surface area contributed by atoms with Gasteiger partial charge in [-0.2, -0.15) is 8.42 Å². The van der Waals surface area contributed by atoms with Crippen LogP contribution < -0.4 is 5.49 Å². The molecule has 0 spiro atoms. The Balaban J connectivity index is 2.57. The van der Waals surface area contributed by atoms with Crippen LogP contribution in [0.3, 0.4) is 0 Å². The number of sulfonamides is 1. The van der Waals surface area contributed by atoms with Crippen LogP contribution >= 0.6 is 0 Å². The summed E-state index contributed by atoms with van der Waals surface area (Å²) in [7, 11) is -4.14. The van der Waals surface area contributed by atoms with Crippen molar-refractivity contribution in [1.82, 2.24) is 4.57 Å². The summed E-state index contributed by atoms with van der Waals surface area (Å²) in [4.78, 5) is 33.3. The number of ketones is 1. The Morgan fingerprint density at radius 3 is 2.34 bits per heavy atom. The highest BCUT2D eigenvalue weighted by molar-refractivity contribution is 7.90. The number of benzene rings is 1. The van der Waals surface area contributed by atoms with Crippen LogP contribution in [0.25, 0.3) is 0 Å². The Labute approximate surface area is 166 Å². The third kappa shape index (κ3) is 5.57. The van der Waals surface area contributed by atoms with Gasteiger partial charge in [0.25, 0.3) is 15.7 Å². The summed E-state index contributed by atoms with van der Waals surface area (Å²) in [5.74, 6) is -1.69. The number of aliphatic carboxylic acids is 1. The zero-order valence-electron chi connectivity index (χ0n) is 15.7. The maximum Gasteiger partial charge on any atom is 0.303 e. The molecule has 0 aliphatic rings. The average Bonchev–Trinajstić information content (AvgIpc) is 2.65. The van der Waals surface area contributed by atoms with E-state index in [-0.39, 0.29) is 22.5 Å². The normalized spacial score (nSPS) is 13.1. The zero-order chi connectivity index (χ0) is 21.8. The van der Waals surface area contributed by atoms with E-state index in [1.54, 1.807) is 19.1 Å². The van der Waals surface area contributed by atoms with Gasteiger partial charge in [-0.3, -0.25) is 19.7 Å². The number of rotatable bonds is 8. The third-order valence-corrected chi connectivity index (χ3v) is 5.45. The van der Waals surface area contributed by atoms with Crippen LogP contribution in [0.5, 0.6) is 0 Å². The number of Topliss-reactive ketones (excluding diaryl/α,β-unsaturated/α-hetero) is 1. The SMILES string of the molecule is Cc1ccc(S(=O)(=O)N=c2ccc([N+](=O)[O-])cn2C(C)C(=O)CCC(=O)O)cc1. The lowest BCUT2D eigenvalue weighted by Crippen LogP contribution is -2.29. The summed E-state index contributed by atoms with van der Waals surface area (Å²) in [6.45, 7) is 3.19. The fourth-order valence-corrected chi connectivity index (χ4v) is 3.46. The second kappa shape index (κ2) is 8.78. The Morgan fingerprint density at radius 1 is 1.17 bits per heavy atom. The van der Waals surface area contributed by atoms with E-state index in [1.165, 1.54) is 19.1 Å².